The first-order chi connectivity index (χ1) is 11.1. The average Bonchev–Trinajstić information content (AvgIpc) is 2.57. The molecule has 1 aromatic carbocycles. The zero-order chi connectivity index (χ0) is 16.2. The van der Waals surface area contributed by atoms with E-state index in [-0.39, 0.29) is 6.04 Å². The molecule has 1 aromatic heterocycles. The monoisotopic (exact) mass is 334 g/mol. The molecule has 0 bridgehead atoms. The number of nitrogens with zero attached hydrogens (tertiary/aromatic N) is 4. The van der Waals surface area contributed by atoms with Crippen LogP contribution in [0, 0.1) is 0 Å². The van der Waals surface area contributed by atoms with E-state index in [0.717, 1.165) is 18.8 Å². The standard InChI is InChI=1S/C15H19ClN6O/c1-10(17)13-19-14(18-12-4-2-11(16)3-5-12)21-15(20-13)22-6-8-23-9-7-22/h2-5,10H,6-9,17H2,1H3,(H,18,19,20,21)/t10-/m0/s1. The predicted octanol–water partition coefficient (Wildman–Crippen LogP) is 2.12. The second-order valence-electron chi connectivity index (χ2n) is 5.34. The molecule has 122 valence electrons. The van der Waals surface area contributed by atoms with E-state index in [1.807, 2.05) is 19.1 Å². The molecule has 1 atom stereocenters. The summed E-state index contributed by atoms with van der Waals surface area (Å²) in [5.74, 6) is 1.64. The number of halogens is 1. The molecule has 0 saturated carbocycles. The van der Waals surface area contributed by atoms with Gasteiger partial charge in [0.1, 0.15) is 0 Å². The van der Waals surface area contributed by atoms with Crippen LogP contribution in [0.15, 0.2) is 24.3 Å². The van der Waals surface area contributed by atoms with Crippen LogP contribution < -0.4 is 16.0 Å². The van der Waals surface area contributed by atoms with Gasteiger partial charge in [-0.15, -0.1) is 0 Å². The quantitative estimate of drug-likeness (QED) is 0.885. The molecule has 0 amide bonds. The molecule has 1 aliphatic rings. The van der Waals surface area contributed by atoms with E-state index in [1.165, 1.54) is 0 Å². The Morgan fingerprint density at radius 3 is 2.52 bits per heavy atom. The second-order valence-corrected chi connectivity index (χ2v) is 5.77. The summed E-state index contributed by atoms with van der Waals surface area (Å²) in [6.45, 7) is 4.69. The maximum absolute atomic E-state index is 5.95. The molecule has 1 saturated heterocycles. The molecule has 0 radical (unpaired) electrons. The fraction of sp³-hybridized carbons (Fsp3) is 0.400. The van der Waals surface area contributed by atoms with Gasteiger partial charge < -0.3 is 20.7 Å². The Balaban J connectivity index is 1.88. The first kappa shape index (κ1) is 15.9. The predicted molar refractivity (Wildman–Crippen MR) is 90.2 cm³/mol. The van der Waals surface area contributed by atoms with Gasteiger partial charge in [0.05, 0.1) is 19.3 Å². The van der Waals surface area contributed by atoms with Gasteiger partial charge in [0.2, 0.25) is 11.9 Å². The van der Waals surface area contributed by atoms with Gasteiger partial charge in [0.15, 0.2) is 5.82 Å². The van der Waals surface area contributed by atoms with Crippen LogP contribution >= 0.6 is 11.6 Å². The summed E-state index contributed by atoms with van der Waals surface area (Å²) < 4.78 is 5.37. The van der Waals surface area contributed by atoms with Crippen molar-refractivity contribution in [2.45, 2.75) is 13.0 Å². The number of rotatable bonds is 4. The first-order valence-electron chi connectivity index (χ1n) is 7.48. The summed E-state index contributed by atoms with van der Waals surface area (Å²) in [6.07, 6.45) is 0. The van der Waals surface area contributed by atoms with Gasteiger partial charge in [-0.05, 0) is 31.2 Å². The number of nitrogens with two attached hydrogens (primary N) is 1. The Morgan fingerprint density at radius 1 is 1.17 bits per heavy atom. The number of ether oxygens (including phenoxy) is 1. The van der Waals surface area contributed by atoms with Crippen molar-refractivity contribution in [3.8, 4) is 0 Å². The molecule has 8 heteroatoms. The lowest BCUT2D eigenvalue weighted by molar-refractivity contribution is 0.122. The van der Waals surface area contributed by atoms with Gasteiger partial charge in [0, 0.05) is 23.8 Å². The second kappa shape index (κ2) is 7.08. The maximum atomic E-state index is 5.95. The van der Waals surface area contributed by atoms with Crippen LogP contribution in [0.2, 0.25) is 5.02 Å². The minimum absolute atomic E-state index is 0.274. The largest absolute Gasteiger partial charge is 0.378 e. The maximum Gasteiger partial charge on any atom is 0.232 e. The van der Waals surface area contributed by atoms with Crippen LogP contribution in [0.5, 0.6) is 0 Å². The summed E-state index contributed by atoms with van der Waals surface area (Å²) in [7, 11) is 0. The highest BCUT2D eigenvalue weighted by atomic mass is 35.5. The summed E-state index contributed by atoms with van der Waals surface area (Å²) >= 11 is 5.90. The molecule has 0 spiro atoms. The molecule has 2 heterocycles. The lowest BCUT2D eigenvalue weighted by Crippen LogP contribution is -2.37. The van der Waals surface area contributed by atoms with E-state index in [4.69, 9.17) is 22.1 Å². The highest BCUT2D eigenvalue weighted by Crippen LogP contribution is 2.20. The minimum atomic E-state index is -0.274. The fourth-order valence-corrected chi connectivity index (χ4v) is 2.33. The molecule has 1 fully saturated rings. The Bertz CT molecular complexity index is 658. The van der Waals surface area contributed by atoms with Gasteiger partial charge >= 0.3 is 0 Å². The zero-order valence-corrected chi connectivity index (χ0v) is 13.6. The van der Waals surface area contributed by atoms with Crippen molar-refractivity contribution in [1.29, 1.82) is 0 Å². The lowest BCUT2D eigenvalue weighted by Gasteiger charge is -2.27. The Kier molecular flexibility index (Phi) is 4.90. The van der Waals surface area contributed by atoms with Crippen LogP contribution in [0.3, 0.4) is 0 Å². The lowest BCUT2D eigenvalue weighted by atomic mass is 10.3. The molecule has 3 rings (SSSR count). The first-order valence-corrected chi connectivity index (χ1v) is 7.86. The van der Waals surface area contributed by atoms with Crippen LogP contribution in [-0.4, -0.2) is 41.3 Å². The average molecular weight is 335 g/mol. The summed E-state index contributed by atoms with van der Waals surface area (Å²) in [5.41, 5.74) is 6.80. The van der Waals surface area contributed by atoms with Crippen molar-refractivity contribution in [2.75, 3.05) is 36.5 Å². The molecule has 23 heavy (non-hydrogen) atoms. The molecule has 0 aliphatic carbocycles. The van der Waals surface area contributed by atoms with Crippen molar-refractivity contribution in [3.63, 3.8) is 0 Å². The number of anilines is 3. The zero-order valence-electron chi connectivity index (χ0n) is 12.9. The van der Waals surface area contributed by atoms with Crippen molar-refractivity contribution in [1.82, 2.24) is 15.0 Å². The van der Waals surface area contributed by atoms with Crippen molar-refractivity contribution >= 4 is 29.2 Å². The number of aromatic nitrogens is 3. The van der Waals surface area contributed by atoms with Crippen LogP contribution in [-0.2, 0) is 4.74 Å². The molecular formula is C15H19ClN6O. The minimum Gasteiger partial charge on any atom is -0.378 e. The van der Waals surface area contributed by atoms with E-state index in [0.29, 0.717) is 36.0 Å². The van der Waals surface area contributed by atoms with Crippen molar-refractivity contribution in [2.24, 2.45) is 5.73 Å². The smallest absolute Gasteiger partial charge is 0.232 e. The van der Waals surface area contributed by atoms with Gasteiger partial charge in [0.25, 0.3) is 0 Å². The van der Waals surface area contributed by atoms with Gasteiger partial charge in [-0.2, -0.15) is 15.0 Å². The van der Waals surface area contributed by atoms with E-state index in [1.54, 1.807) is 12.1 Å². The van der Waals surface area contributed by atoms with Crippen LogP contribution in [0.1, 0.15) is 18.8 Å². The third-order valence-corrected chi connectivity index (χ3v) is 3.69. The number of hydrogen-bond donors (Lipinski definition) is 2. The molecule has 7 nitrogen and oxygen atoms in total. The molecule has 2 aromatic rings. The van der Waals surface area contributed by atoms with Crippen LogP contribution in [0.4, 0.5) is 17.6 Å². The summed E-state index contributed by atoms with van der Waals surface area (Å²) in [6, 6.07) is 7.07. The topological polar surface area (TPSA) is 89.2 Å². The number of morpholine rings is 1. The summed E-state index contributed by atoms with van der Waals surface area (Å²) in [5, 5.41) is 3.85. The third-order valence-electron chi connectivity index (χ3n) is 3.44. The number of nitrogens with one attached hydrogen (secondary N) is 1. The molecular weight excluding hydrogens is 316 g/mol. The van der Waals surface area contributed by atoms with Gasteiger partial charge in [-0.3, -0.25) is 0 Å². The fourth-order valence-electron chi connectivity index (χ4n) is 2.21. The Hall–Kier alpha value is -1.96. The highest BCUT2D eigenvalue weighted by Gasteiger charge is 2.17. The van der Waals surface area contributed by atoms with E-state index in [9.17, 15) is 0 Å². The van der Waals surface area contributed by atoms with E-state index in [2.05, 4.69) is 25.2 Å². The summed E-state index contributed by atoms with van der Waals surface area (Å²) in [4.78, 5) is 15.4. The number of hydrogen-bond acceptors (Lipinski definition) is 7. The third kappa shape index (κ3) is 4.07. The van der Waals surface area contributed by atoms with E-state index < -0.39 is 0 Å². The van der Waals surface area contributed by atoms with Gasteiger partial charge in [-0.25, -0.2) is 0 Å². The normalized spacial score (nSPS) is 16.2. The van der Waals surface area contributed by atoms with Crippen molar-refractivity contribution < 1.29 is 4.74 Å². The van der Waals surface area contributed by atoms with Crippen molar-refractivity contribution in [3.05, 3.63) is 35.1 Å². The molecule has 3 N–H and O–H groups in total. The SMILES string of the molecule is C[C@H](N)c1nc(Nc2ccc(Cl)cc2)nc(N2CCOCC2)n1. The van der Waals surface area contributed by atoms with Gasteiger partial charge in [-0.1, -0.05) is 11.6 Å². The molecule has 0 unspecified atom stereocenters. The highest BCUT2D eigenvalue weighted by molar-refractivity contribution is 6.30. The molecule has 1 aliphatic heterocycles. The Labute approximate surface area is 139 Å². The van der Waals surface area contributed by atoms with Crippen LogP contribution in [0.25, 0.3) is 0 Å². The van der Waals surface area contributed by atoms with E-state index >= 15 is 0 Å². The number of benzene rings is 1. The Morgan fingerprint density at radius 2 is 1.87 bits per heavy atom.